The van der Waals surface area contributed by atoms with E-state index in [0.717, 1.165) is 17.7 Å². The molecule has 0 radical (unpaired) electrons. The van der Waals surface area contributed by atoms with Crippen LogP contribution in [0.15, 0.2) is 42.5 Å². The summed E-state index contributed by atoms with van der Waals surface area (Å²) in [5.74, 6) is 0.904. The van der Waals surface area contributed by atoms with Crippen molar-refractivity contribution in [1.82, 2.24) is 10.2 Å². The summed E-state index contributed by atoms with van der Waals surface area (Å²) in [6.07, 6.45) is 1.38. The largest absolute Gasteiger partial charge is 0.352 e. The van der Waals surface area contributed by atoms with Crippen molar-refractivity contribution in [2.75, 3.05) is 5.75 Å². The number of thioether (sulfide) groups is 1. The Balaban J connectivity index is 2.17. The van der Waals surface area contributed by atoms with Crippen molar-refractivity contribution in [1.29, 1.82) is 0 Å². The smallest absolute Gasteiger partial charge is 0.243 e. The number of hydrogen-bond acceptors (Lipinski definition) is 3. The number of carbonyl (C=O) groups excluding carboxylic acids is 2. The van der Waals surface area contributed by atoms with Crippen LogP contribution in [-0.2, 0) is 21.9 Å². The maximum atomic E-state index is 13.3. The maximum Gasteiger partial charge on any atom is 0.243 e. The topological polar surface area (TPSA) is 49.4 Å². The lowest BCUT2D eigenvalue weighted by Crippen LogP contribution is -2.51. The first-order valence-corrected chi connectivity index (χ1v) is 12.8. The van der Waals surface area contributed by atoms with Crippen molar-refractivity contribution in [3.05, 3.63) is 69.7 Å². The lowest BCUT2D eigenvalue weighted by atomic mass is 10.1. The Hall–Kier alpha value is -1.98. The van der Waals surface area contributed by atoms with Crippen molar-refractivity contribution < 1.29 is 9.59 Å². The second-order valence-electron chi connectivity index (χ2n) is 8.34. The van der Waals surface area contributed by atoms with Gasteiger partial charge in [0.15, 0.2) is 0 Å². The molecule has 0 aliphatic heterocycles. The third kappa shape index (κ3) is 7.86. The van der Waals surface area contributed by atoms with E-state index in [4.69, 9.17) is 11.6 Å². The third-order valence-electron chi connectivity index (χ3n) is 5.46. The zero-order chi connectivity index (χ0) is 23.7. The minimum absolute atomic E-state index is 0.0505. The van der Waals surface area contributed by atoms with Gasteiger partial charge in [0.2, 0.25) is 11.8 Å². The lowest BCUT2D eigenvalue weighted by Gasteiger charge is -2.31. The van der Waals surface area contributed by atoms with Crippen LogP contribution < -0.4 is 5.32 Å². The van der Waals surface area contributed by atoms with E-state index in [-0.39, 0.29) is 17.9 Å². The van der Waals surface area contributed by atoms with Gasteiger partial charge in [-0.2, -0.15) is 0 Å². The average molecular weight is 475 g/mol. The van der Waals surface area contributed by atoms with Crippen LogP contribution in [0.4, 0.5) is 0 Å². The molecular formula is C26H35ClN2O2S. The second-order valence-corrected chi connectivity index (χ2v) is 9.74. The Morgan fingerprint density at radius 2 is 1.72 bits per heavy atom. The normalized spacial score (nSPS) is 12.8. The highest BCUT2D eigenvalue weighted by Gasteiger charge is 2.29. The van der Waals surface area contributed by atoms with Crippen LogP contribution in [-0.4, -0.2) is 34.6 Å². The molecule has 0 aromatic heterocycles. The van der Waals surface area contributed by atoms with Crippen molar-refractivity contribution >= 4 is 35.2 Å². The molecule has 0 saturated heterocycles. The van der Waals surface area contributed by atoms with Gasteiger partial charge in [-0.1, -0.05) is 73.0 Å². The molecule has 0 unspecified atom stereocenters. The molecule has 32 heavy (non-hydrogen) atoms. The van der Waals surface area contributed by atoms with Crippen LogP contribution in [0.2, 0.25) is 5.02 Å². The van der Waals surface area contributed by atoms with Crippen LogP contribution in [0.3, 0.4) is 0 Å². The average Bonchev–Trinajstić information content (AvgIpc) is 2.74. The number of amides is 2. The molecule has 0 fully saturated rings. The quantitative estimate of drug-likeness (QED) is 0.440. The highest BCUT2D eigenvalue weighted by molar-refractivity contribution is 7.99. The number of benzene rings is 2. The highest BCUT2D eigenvalue weighted by atomic mass is 35.5. The zero-order valence-electron chi connectivity index (χ0n) is 19.8. The number of nitrogens with one attached hydrogen (secondary N) is 1. The van der Waals surface area contributed by atoms with Gasteiger partial charge in [-0.05, 0) is 50.8 Å². The van der Waals surface area contributed by atoms with Crippen LogP contribution in [0.1, 0.15) is 55.9 Å². The fourth-order valence-electron chi connectivity index (χ4n) is 3.66. The van der Waals surface area contributed by atoms with E-state index in [1.807, 2.05) is 45.0 Å². The van der Waals surface area contributed by atoms with Gasteiger partial charge in [0.05, 0.1) is 5.75 Å². The summed E-state index contributed by atoms with van der Waals surface area (Å²) in [6, 6.07) is 13.5. The monoisotopic (exact) mass is 474 g/mol. The molecule has 6 heteroatoms. The van der Waals surface area contributed by atoms with Gasteiger partial charge >= 0.3 is 0 Å². The molecule has 0 bridgehead atoms. The lowest BCUT2D eigenvalue weighted by molar-refractivity contribution is -0.139. The van der Waals surface area contributed by atoms with Gasteiger partial charge in [-0.15, -0.1) is 11.8 Å². The molecule has 2 amide bonds. The zero-order valence-corrected chi connectivity index (χ0v) is 21.4. The summed E-state index contributed by atoms with van der Waals surface area (Å²) in [7, 11) is 0. The molecular weight excluding hydrogens is 440 g/mol. The SMILES string of the molecule is CC[C@H](C(=O)N[C@@H](C)CC)N(Cc1ccccc1Cl)C(=O)CSCc1cc(C)cc(C)c1. The molecule has 2 aromatic carbocycles. The maximum absolute atomic E-state index is 13.3. The van der Waals surface area contributed by atoms with Gasteiger partial charge in [-0.3, -0.25) is 9.59 Å². The Bertz CT molecular complexity index is 898. The summed E-state index contributed by atoms with van der Waals surface area (Å²) >= 11 is 7.95. The van der Waals surface area contributed by atoms with Gasteiger partial charge in [0.1, 0.15) is 6.04 Å². The summed E-state index contributed by atoms with van der Waals surface area (Å²) < 4.78 is 0. The Morgan fingerprint density at radius 3 is 2.31 bits per heavy atom. The van der Waals surface area contributed by atoms with E-state index in [9.17, 15) is 9.59 Å². The van der Waals surface area contributed by atoms with E-state index in [0.29, 0.717) is 23.7 Å². The molecule has 0 saturated carbocycles. The minimum atomic E-state index is -0.533. The predicted molar refractivity (Wildman–Crippen MR) is 136 cm³/mol. The molecule has 0 spiro atoms. The second kappa shape index (κ2) is 12.9. The van der Waals surface area contributed by atoms with Crippen LogP contribution >= 0.6 is 23.4 Å². The first kappa shape index (κ1) is 26.3. The molecule has 0 aliphatic carbocycles. The molecule has 1 N–H and O–H groups in total. The van der Waals surface area contributed by atoms with Crippen molar-refractivity contribution in [2.24, 2.45) is 0 Å². The molecule has 2 aromatic rings. The Labute approximate surface area is 202 Å². The standard InChI is InChI=1S/C26H35ClN2O2S/c1-6-20(5)28-26(31)24(7-2)29(15-22-10-8-9-11-23(22)27)25(30)17-32-16-21-13-18(3)12-19(4)14-21/h8-14,20,24H,6-7,15-17H2,1-5H3,(H,28,31)/t20-,24+/m0/s1. The number of hydrogen-bond donors (Lipinski definition) is 1. The van der Waals surface area contributed by atoms with Gasteiger partial charge < -0.3 is 10.2 Å². The van der Waals surface area contributed by atoms with E-state index < -0.39 is 6.04 Å². The molecule has 174 valence electrons. The van der Waals surface area contributed by atoms with Crippen molar-refractivity contribution in [3.8, 4) is 0 Å². The first-order valence-electron chi connectivity index (χ1n) is 11.2. The fraction of sp³-hybridized carbons (Fsp3) is 0.462. The summed E-state index contributed by atoms with van der Waals surface area (Å²) in [5.41, 5.74) is 4.50. The van der Waals surface area contributed by atoms with Crippen molar-refractivity contribution in [3.63, 3.8) is 0 Å². The summed E-state index contributed by atoms with van der Waals surface area (Å²) in [6.45, 7) is 10.4. The van der Waals surface area contributed by atoms with Gasteiger partial charge in [-0.25, -0.2) is 0 Å². The summed E-state index contributed by atoms with van der Waals surface area (Å²) in [4.78, 5) is 28.0. The van der Waals surface area contributed by atoms with Gasteiger partial charge in [0.25, 0.3) is 0 Å². The molecule has 0 aliphatic rings. The van der Waals surface area contributed by atoms with Crippen molar-refractivity contribution in [2.45, 2.75) is 71.8 Å². The number of nitrogens with zero attached hydrogens (tertiary/aromatic N) is 1. The Kier molecular flexibility index (Phi) is 10.6. The number of rotatable bonds is 11. The van der Waals surface area contributed by atoms with E-state index >= 15 is 0 Å². The van der Waals surface area contributed by atoms with E-state index in [1.165, 1.54) is 16.7 Å². The molecule has 2 rings (SSSR count). The number of halogens is 1. The Morgan fingerprint density at radius 1 is 1.06 bits per heavy atom. The fourth-order valence-corrected chi connectivity index (χ4v) is 4.70. The van der Waals surface area contributed by atoms with Crippen LogP contribution in [0, 0.1) is 13.8 Å². The van der Waals surface area contributed by atoms with E-state index in [2.05, 4.69) is 37.4 Å². The number of carbonyl (C=O) groups is 2. The molecule has 2 atom stereocenters. The first-order chi connectivity index (χ1) is 15.2. The predicted octanol–water partition coefficient (Wildman–Crippen LogP) is 5.91. The third-order valence-corrected chi connectivity index (χ3v) is 6.82. The van der Waals surface area contributed by atoms with Gasteiger partial charge in [0, 0.05) is 23.4 Å². The number of aryl methyl sites for hydroxylation is 2. The van der Waals surface area contributed by atoms with E-state index in [1.54, 1.807) is 16.7 Å². The van der Waals surface area contributed by atoms with Crippen LogP contribution in [0.25, 0.3) is 0 Å². The molecule has 4 nitrogen and oxygen atoms in total. The summed E-state index contributed by atoms with van der Waals surface area (Å²) in [5, 5.41) is 3.64. The minimum Gasteiger partial charge on any atom is -0.352 e. The van der Waals surface area contributed by atoms with Crippen LogP contribution in [0.5, 0.6) is 0 Å². The molecule has 0 heterocycles. The highest BCUT2D eigenvalue weighted by Crippen LogP contribution is 2.22.